The second-order valence-electron chi connectivity index (χ2n) is 6.24. The Morgan fingerprint density at radius 2 is 1.96 bits per heavy atom. The first kappa shape index (κ1) is 19.6. The molecule has 1 aromatic heterocycles. The molecule has 1 aliphatic rings. The molecule has 3 rings (SSSR count). The average Bonchev–Trinajstić information content (AvgIpc) is 3.05. The van der Waals surface area contributed by atoms with E-state index in [1.807, 2.05) is 19.1 Å². The van der Waals surface area contributed by atoms with Gasteiger partial charge < -0.3 is 9.64 Å². The maximum Gasteiger partial charge on any atom is 0.316 e. The van der Waals surface area contributed by atoms with Crippen molar-refractivity contribution < 1.29 is 9.53 Å². The molecule has 0 spiro atoms. The Kier molecular flexibility index (Phi) is 6.18. The van der Waals surface area contributed by atoms with Gasteiger partial charge in [-0.2, -0.15) is 0 Å². The summed E-state index contributed by atoms with van der Waals surface area (Å²) >= 11 is 23.8. The molecule has 1 saturated heterocycles. The lowest BCUT2D eigenvalue weighted by Gasteiger charge is -2.25. The van der Waals surface area contributed by atoms with Crippen molar-refractivity contribution >= 4 is 51.8 Å². The van der Waals surface area contributed by atoms with Gasteiger partial charge in [0.1, 0.15) is 6.10 Å². The number of halogens is 4. The van der Waals surface area contributed by atoms with Gasteiger partial charge in [0.15, 0.2) is 0 Å². The Morgan fingerprint density at radius 3 is 2.58 bits per heavy atom. The van der Waals surface area contributed by atoms with Crippen LogP contribution in [0.5, 0.6) is 5.88 Å². The Bertz CT molecular complexity index is 800. The van der Waals surface area contributed by atoms with E-state index in [1.165, 1.54) is 6.20 Å². The lowest BCUT2D eigenvalue weighted by atomic mass is 9.86. The van der Waals surface area contributed by atoms with Crippen molar-refractivity contribution in [1.29, 1.82) is 0 Å². The first-order valence-electron chi connectivity index (χ1n) is 8.02. The fourth-order valence-electron chi connectivity index (χ4n) is 3.25. The van der Waals surface area contributed by atoms with E-state index >= 15 is 0 Å². The van der Waals surface area contributed by atoms with E-state index in [9.17, 15) is 4.79 Å². The Labute approximate surface area is 172 Å². The maximum atomic E-state index is 11.7. The number of aromatic nitrogens is 1. The summed E-state index contributed by atoms with van der Waals surface area (Å²) in [5.74, 6) is 0.521. The molecule has 26 heavy (non-hydrogen) atoms. The molecule has 2 heterocycles. The molecule has 0 aliphatic carbocycles. The van der Waals surface area contributed by atoms with Crippen LogP contribution in [-0.4, -0.2) is 34.4 Å². The van der Waals surface area contributed by atoms with Crippen molar-refractivity contribution in [3.05, 3.63) is 57.2 Å². The molecule has 4 nitrogen and oxygen atoms in total. The van der Waals surface area contributed by atoms with Gasteiger partial charge in [-0.05, 0) is 42.3 Å². The van der Waals surface area contributed by atoms with Crippen LogP contribution in [0.25, 0.3) is 0 Å². The number of carbonyl (C=O) groups excluding carboxylic acids is 1. The predicted molar refractivity (Wildman–Crippen MR) is 105 cm³/mol. The van der Waals surface area contributed by atoms with Gasteiger partial charge in [0.05, 0.1) is 15.1 Å². The van der Waals surface area contributed by atoms with Crippen LogP contribution in [0.4, 0.5) is 4.79 Å². The van der Waals surface area contributed by atoms with Crippen LogP contribution < -0.4 is 4.74 Å². The summed E-state index contributed by atoms with van der Waals surface area (Å²) in [6, 6.07) is 8.94. The molecule has 0 bridgehead atoms. The summed E-state index contributed by atoms with van der Waals surface area (Å²) in [5, 5.41) is 1.03. The van der Waals surface area contributed by atoms with Crippen molar-refractivity contribution in [2.75, 3.05) is 13.1 Å². The van der Waals surface area contributed by atoms with E-state index in [2.05, 4.69) is 4.98 Å². The third-order valence-corrected chi connectivity index (χ3v) is 5.80. The quantitative estimate of drug-likeness (QED) is 0.446. The van der Waals surface area contributed by atoms with E-state index in [0.717, 1.165) is 5.56 Å². The van der Waals surface area contributed by atoms with Gasteiger partial charge in [-0.1, -0.05) is 40.9 Å². The van der Waals surface area contributed by atoms with Crippen molar-refractivity contribution in [3.8, 4) is 5.88 Å². The molecule has 1 aliphatic heterocycles. The van der Waals surface area contributed by atoms with Gasteiger partial charge in [0, 0.05) is 37.2 Å². The highest BCUT2D eigenvalue weighted by Gasteiger charge is 2.40. The van der Waals surface area contributed by atoms with Crippen LogP contribution in [-0.2, 0) is 0 Å². The first-order chi connectivity index (χ1) is 12.3. The summed E-state index contributed by atoms with van der Waals surface area (Å²) in [7, 11) is 0. The monoisotopic (exact) mass is 432 g/mol. The van der Waals surface area contributed by atoms with Gasteiger partial charge in [-0.25, -0.2) is 4.98 Å². The first-order valence-corrected chi connectivity index (χ1v) is 9.54. The summed E-state index contributed by atoms with van der Waals surface area (Å²) in [6.45, 7) is 2.93. The molecule has 138 valence electrons. The van der Waals surface area contributed by atoms with Crippen LogP contribution in [0.1, 0.15) is 18.4 Å². The van der Waals surface area contributed by atoms with Crippen LogP contribution in [0, 0.1) is 5.92 Å². The molecule has 0 radical (unpaired) electrons. The number of nitrogens with zero attached hydrogens (tertiary/aromatic N) is 2. The summed E-state index contributed by atoms with van der Waals surface area (Å²) in [4.78, 5) is 17.5. The highest BCUT2D eigenvalue weighted by molar-refractivity contribution is 6.62. The molecule has 0 N–H and O–H groups in total. The number of amides is 1. The van der Waals surface area contributed by atoms with Crippen molar-refractivity contribution in [2.24, 2.45) is 5.92 Å². The van der Waals surface area contributed by atoms with Crippen molar-refractivity contribution in [2.45, 2.75) is 18.9 Å². The number of ether oxygens (including phenoxy) is 1. The molecule has 3 unspecified atom stereocenters. The van der Waals surface area contributed by atoms with E-state index in [1.54, 1.807) is 23.1 Å². The molecule has 1 amide bonds. The largest absolute Gasteiger partial charge is 0.474 e. The maximum absolute atomic E-state index is 11.7. The molecule has 0 saturated carbocycles. The Hall–Kier alpha value is -1.20. The van der Waals surface area contributed by atoms with Crippen molar-refractivity contribution in [3.63, 3.8) is 0 Å². The number of carbonyl (C=O) groups is 1. The third-order valence-electron chi connectivity index (χ3n) is 4.60. The number of likely N-dealkylation sites (tertiary alicyclic amines) is 1. The molecule has 2 aromatic rings. The molecular weight excluding hydrogens is 418 g/mol. The average molecular weight is 434 g/mol. The van der Waals surface area contributed by atoms with Gasteiger partial charge >= 0.3 is 5.37 Å². The second kappa shape index (κ2) is 8.22. The minimum absolute atomic E-state index is 0.0208. The fraction of sp³-hybridized carbons (Fsp3) is 0.333. The lowest BCUT2D eigenvalue weighted by molar-refractivity contribution is 0.141. The van der Waals surface area contributed by atoms with Crippen LogP contribution in [0.15, 0.2) is 36.5 Å². The standard InChI is InChI=1S/C18H16Cl4N2O2/c1-10(26-17-5-3-12(19)7-23-17)13-8-24(18(22)25)9-14(13)11-2-4-15(20)16(21)6-11/h2-7,10,13-14H,8-9H2,1H3. The summed E-state index contributed by atoms with van der Waals surface area (Å²) in [6.07, 6.45) is 1.33. The van der Waals surface area contributed by atoms with E-state index < -0.39 is 5.37 Å². The van der Waals surface area contributed by atoms with Gasteiger partial charge in [0.25, 0.3) is 0 Å². The number of hydrogen-bond acceptors (Lipinski definition) is 3. The number of pyridine rings is 1. The minimum Gasteiger partial charge on any atom is -0.474 e. The number of benzene rings is 1. The molecule has 1 fully saturated rings. The zero-order valence-electron chi connectivity index (χ0n) is 13.8. The smallest absolute Gasteiger partial charge is 0.316 e. The van der Waals surface area contributed by atoms with Crippen LogP contribution in [0.3, 0.4) is 0 Å². The van der Waals surface area contributed by atoms with Crippen LogP contribution in [0.2, 0.25) is 15.1 Å². The minimum atomic E-state index is -0.477. The zero-order chi connectivity index (χ0) is 18.8. The summed E-state index contributed by atoms with van der Waals surface area (Å²) in [5.41, 5.74) is 0.990. The van der Waals surface area contributed by atoms with Gasteiger partial charge in [-0.3, -0.25) is 4.79 Å². The second-order valence-corrected chi connectivity index (χ2v) is 7.81. The SMILES string of the molecule is CC(Oc1ccc(Cl)cn1)C1CN(C(=O)Cl)CC1c1ccc(Cl)c(Cl)c1. The number of hydrogen-bond donors (Lipinski definition) is 0. The Morgan fingerprint density at radius 1 is 1.19 bits per heavy atom. The molecule has 8 heteroatoms. The third kappa shape index (κ3) is 4.37. The van der Waals surface area contributed by atoms with Gasteiger partial charge in [-0.15, -0.1) is 0 Å². The van der Waals surface area contributed by atoms with Crippen LogP contribution >= 0.6 is 46.4 Å². The van der Waals surface area contributed by atoms with E-state index in [-0.39, 0.29) is 17.9 Å². The normalized spacial score (nSPS) is 20.9. The highest BCUT2D eigenvalue weighted by atomic mass is 35.5. The lowest BCUT2D eigenvalue weighted by Crippen LogP contribution is -2.30. The Balaban J connectivity index is 1.84. The van der Waals surface area contributed by atoms with E-state index in [0.29, 0.717) is 34.0 Å². The molecular formula is C18H16Cl4N2O2. The number of rotatable bonds is 4. The summed E-state index contributed by atoms with van der Waals surface area (Å²) < 4.78 is 5.98. The van der Waals surface area contributed by atoms with Gasteiger partial charge in [0.2, 0.25) is 5.88 Å². The predicted octanol–water partition coefficient (Wildman–Crippen LogP) is 5.88. The molecule has 1 aromatic carbocycles. The highest BCUT2D eigenvalue weighted by Crippen LogP contribution is 2.38. The zero-order valence-corrected chi connectivity index (χ0v) is 16.9. The van der Waals surface area contributed by atoms with E-state index in [4.69, 9.17) is 51.1 Å². The molecule has 3 atom stereocenters. The fourth-order valence-corrected chi connectivity index (χ4v) is 3.81. The van der Waals surface area contributed by atoms with Crippen molar-refractivity contribution in [1.82, 2.24) is 9.88 Å². The topological polar surface area (TPSA) is 42.4 Å².